The predicted octanol–water partition coefficient (Wildman–Crippen LogP) is 7.22. The maximum Gasteiger partial charge on any atom is -0.00183 e. The van der Waals surface area contributed by atoms with Crippen molar-refractivity contribution >= 4 is 0 Å². The molecule has 0 saturated heterocycles. The minimum atomic E-state index is 0.905. The Balaban J connectivity index is 3.02. The topological polar surface area (TPSA) is 3.24 Å². The van der Waals surface area contributed by atoms with Crippen LogP contribution in [0.25, 0.3) is 0 Å². The summed E-state index contributed by atoms with van der Waals surface area (Å²) in [5, 5.41) is 0. The van der Waals surface area contributed by atoms with Crippen LogP contribution in [0.1, 0.15) is 110 Å². The fourth-order valence-corrected chi connectivity index (χ4v) is 3.22. The summed E-state index contributed by atoms with van der Waals surface area (Å²) in [6.45, 7) is 13.2. The lowest BCUT2D eigenvalue weighted by Gasteiger charge is -2.17. The molecular weight excluding hydrogens is 278 g/mol. The first-order valence-corrected chi connectivity index (χ1v) is 10.7. The highest BCUT2D eigenvalue weighted by atomic mass is 15.1. The van der Waals surface area contributed by atoms with Gasteiger partial charge in [-0.25, -0.2) is 0 Å². The van der Waals surface area contributed by atoms with E-state index in [0.29, 0.717) is 0 Å². The Kier molecular flexibility index (Phi) is 20.0. The molecule has 0 fully saturated rings. The molecule has 1 heteroatoms. The Labute approximate surface area is 148 Å². The summed E-state index contributed by atoms with van der Waals surface area (Å²) < 4.78 is 0. The highest BCUT2D eigenvalue weighted by Gasteiger charge is 1.98. The molecule has 0 aliphatic carbocycles. The highest BCUT2D eigenvalue weighted by molar-refractivity contribution is 4.60. The molecule has 0 saturated carbocycles. The minimum Gasteiger partial charge on any atom is -0.303 e. The Hall–Kier alpha value is -0.0400. The van der Waals surface area contributed by atoms with Gasteiger partial charge in [-0.3, -0.25) is 0 Å². The van der Waals surface area contributed by atoms with Gasteiger partial charge >= 0.3 is 0 Å². The van der Waals surface area contributed by atoms with E-state index in [4.69, 9.17) is 0 Å². The molecule has 1 nitrogen and oxygen atoms in total. The second-order valence-electron chi connectivity index (χ2n) is 7.14. The number of unbranched alkanes of at least 4 members (excludes halogenated alkanes) is 15. The highest BCUT2D eigenvalue weighted by Crippen LogP contribution is 2.13. The van der Waals surface area contributed by atoms with Gasteiger partial charge in [-0.1, -0.05) is 103 Å². The average molecular weight is 324 g/mol. The number of nitrogens with zero attached hydrogens (tertiary/aromatic N) is 1. The summed E-state index contributed by atoms with van der Waals surface area (Å²) in [7, 11) is 0. The molecule has 0 unspecified atom stereocenters. The first-order chi connectivity index (χ1) is 11.3. The van der Waals surface area contributed by atoms with Crippen LogP contribution in [0, 0.1) is 13.8 Å². The quantitative estimate of drug-likeness (QED) is 0.227. The summed E-state index contributed by atoms with van der Waals surface area (Å²) >= 11 is 0. The van der Waals surface area contributed by atoms with Crippen molar-refractivity contribution in [1.29, 1.82) is 0 Å². The smallest absolute Gasteiger partial charge is 0.00183 e. The summed E-state index contributed by atoms with van der Waals surface area (Å²) in [6, 6.07) is 0. The third-order valence-corrected chi connectivity index (χ3v) is 4.96. The Morgan fingerprint density at radius 1 is 0.478 bits per heavy atom. The molecule has 0 N–H and O–H groups in total. The van der Waals surface area contributed by atoms with Gasteiger partial charge in [0.25, 0.3) is 0 Å². The maximum atomic E-state index is 3.93. The molecule has 0 bridgehead atoms. The molecule has 0 aliphatic rings. The van der Waals surface area contributed by atoms with Crippen LogP contribution in [-0.4, -0.2) is 24.5 Å². The van der Waals surface area contributed by atoms with Crippen molar-refractivity contribution in [3.63, 3.8) is 0 Å². The molecular formula is C22H45N. The van der Waals surface area contributed by atoms with E-state index in [9.17, 15) is 0 Å². The van der Waals surface area contributed by atoms with E-state index in [1.165, 1.54) is 109 Å². The van der Waals surface area contributed by atoms with E-state index in [-0.39, 0.29) is 0 Å². The van der Waals surface area contributed by atoms with Crippen molar-refractivity contribution in [3.8, 4) is 0 Å². The molecule has 0 aromatic carbocycles. The largest absolute Gasteiger partial charge is 0.303 e. The van der Waals surface area contributed by atoms with E-state index in [0.717, 1.165) is 13.1 Å². The molecule has 2 radical (unpaired) electrons. The van der Waals surface area contributed by atoms with Crippen LogP contribution in [0.15, 0.2) is 0 Å². The van der Waals surface area contributed by atoms with Gasteiger partial charge in [-0.2, -0.15) is 0 Å². The summed E-state index contributed by atoms with van der Waals surface area (Å²) in [6.07, 6.45) is 23.0. The van der Waals surface area contributed by atoms with Crippen molar-refractivity contribution in [1.82, 2.24) is 4.90 Å². The van der Waals surface area contributed by atoms with E-state index in [2.05, 4.69) is 25.7 Å². The third-order valence-electron chi connectivity index (χ3n) is 4.96. The van der Waals surface area contributed by atoms with Crippen molar-refractivity contribution in [3.05, 3.63) is 13.8 Å². The normalized spacial score (nSPS) is 11.5. The minimum absolute atomic E-state index is 0.905. The van der Waals surface area contributed by atoms with Gasteiger partial charge in [0.2, 0.25) is 0 Å². The zero-order valence-electron chi connectivity index (χ0n) is 16.3. The van der Waals surface area contributed by atoms with E-state index < -0.39 is 0 Å². The summed E-state index contributed by atoms with van der Waals surface area (Å²) in [5.41, 5.74) is 0. The zero-order chi connectivity index (χ0) is 17.0. The van der Waals surface area contributed by atoms with Gasteiger partial charge in [0, 0.05) is 0 Å². The molecule has 0 atom stereocenters. The van der Waals surface area contributed by atoms with Crippen molar-refractivity contribution in [2.24, 2.45) is 0 Å². The van der Waals surface area contributed by atoms with Crippen molar-refractivity contribution < 1.29 is 0 Å². The van der Waals surface area contributed by atoms with Crippen LogP contribution in [0.4, 0.5) is 0 Å². The van der Waals surface area contributed by atoms with Gasteiger partial charge in [-0.05, 0) is 39.9 Å². The predicted molar refractivity (Wildman–Crippen MR) is 107 cm³/mol. The fourth-order valence-electron chi connectivity index (χ4n) is 3.22. The zero-order valence-corrected chi connectivity index (χ0v) is 16.3. The Bertz CT molecular complexity index is 198. The molecule has 0 spiro atoms. The van der Waals surface area contributed by atoms with Crippen molar-refractivity contribution in [2.75, 3.05) is 19.6 Å². The number of hydrogen-bond donors (Lipinski definition) is 0. The fraction of sp³-hybridized carbons (Fsp3) is 0.909. The molecule has 0 aromatic rings. The number of rotatable bonds is 19. The molecule has 0 rings (SSSR count). The molecule has 0 aromatic heterocycles. The SMILES string of the molecule is [CH2]CN(C[CH2])CCCCCCCCCCCCCCCCCC. The lowest BCUT2D eigenvalue weighted by Crippen LogP contribution is -2.24. The maximum absolute atomic E-state index is 3.93. The molecule has 138 valence electrons. The van der Waals surface area contributed by atoms with Gasteiger partial charge in [0.1, 0.15) is 0 Å². The standard InChI is InChI=1S/C22H45N/c1-4-7-8-9-10-11-12-13-14-15-16-17-18-19-20-21-22-23(5-2)6-3/h2-22H2,1H3. The first-order valence-electron chi connectivity index (χ1n) is 10.7. The van der Waals surface area contributed by atoms with E-state index in [1.54, 1.807) is 0 Å². The molecule has 0 amide bonds. The van der Waals surface area contributed by atoms with Gasteiger partial charge in [0.15, 0.2) is 0 Å². The van der Waals surface area contributed by atoms with Gasteiger partial charge < -0.3 is 4.90 Å². The average Bonchev–Trinajstić information content (AvgIpc) is 2.58. The summed E-state index contributed by atoms with van der Waals surface area (Å²) in [4.78, 5) is 2.32. The lowest BCUT2D eigenvalue weighted by molar-refractivity contribution is 0.321. The van der Waals surface area contributed by atoms with Crippen LogP contribution in [0.3, 0.4) is 0 Å². The van der Waals surface area contributed by atoms with Crippen molar-refractivity contribution in [2.45, 2.75) is 110 Å². The second kappa shape index (κ2) is 20.0. The van der Waals surface area contributed by atoms with Gasteiger partial charge in [-0.15, -0.1) is 0 Å². The molecule has 23 heavy (non-hydrogen) atoms. The van der Waals surface area contributed by atoms with E-state index >= 15 is 0 Å². The second-order valence-corrected chi connectivity index (χ2v) is 7.14. The van der Waals surface area contributed by atoms with Crippen LogP contribution in [-0.2, 0) is 0 Å². The van der Waals surface area contributed by atoms with Crippen LogP contribution >= 0.6 is 0 Å². The Morgan fingerprint density at radius 2 is 0.783 bits per heavy atom. The van der Waals surface area contributed by atoms with Gasteiger partial charge in [0.05, 0.1) is 0 Å². The summed E-state index contributed by atoms with van der Waals surface area (Å²) in [5.74, 6) is 0. The van der Waals surface area contributed by atoms with Crippen LogP contribution in [0.5, 0.6) is 0 Å². The third kappa shape index (κ3) is 18.1. The molecule has 0 aliphatic heterocycles. The molecule has 0 heterocycles. The lowest BCUT2D eigenvalue weighted by atomic mass is 10.0. The number of hydrogen-bond acceptors (Lipinski definition) is 1. The van der Waals surface area contributed by atoms with Crippen LogP contribution in [0.2, 0.25) is 0 Å². The first kappa shape index (κ1) is 23.0. The van der Waals surface area contributed by atoms with E-state index in [1.807, 2.05) is 0 Å². The Morgan fingerprint density at radius 3 is 1.09 bits per heavy atom. The van der Waals surface area contributed by atoms with Crippen LogP contribution < -0.4 is 0 Å². The monoisotopic (exact) mass is 323 g/mol.